The summed E-state index contributed by atoms with van der Waals surface area (Å²) < 4.78 is 4.52. The fourth-order valence-electron chi connectivity index (χ4n) is 4.15. The molecule has 3 heterocycles. The Labute approximate surface area is 154 Å². The molecule has 8 heteroatoms. The van der Waals surface area contributed by atoms with Crippen LogP contribution in [0.1, 0.15) is 47.9 Å². The van der Waals surface area contributed by atoms with Crippen molar-refractivity contribution in [2.24, 2.45) is 0 Å². The van der Waals surface area contributed by atoms with Crippen LogP contribution in [0.2, 0.25) is 9.36 Å². The van der Waals surface area contributed by atoms with Crippen molar-refractivity contribution in [1.82, 2.24) is 19.2 Å². The standard InChI is InChI=1S/C16H16Cl2N4OS/c1-16-5-2-6-22(15(23)12-11(17)14(18)24-21-12)10(16)4-3-9-7-19-8-20-13(9)16/h7-8,10H,2-6H2,1H3/t10-,16+/m0/s1. The molecular weight excluding hydrogens is 367 g/mol. The quantitative estimate of drug-likeness (QED) is 0.753. The van der Waals surface area contributed by atoms with Crippen LogP contribution in [-0.4, -0.2) is 37.7 Å². The van der Waals surface area contributed by atoms with Gasteiger partial charge in [-0.05, 0) is 42.8 Å². The number of carbonyl (C=O) groups excluding carboxylic acids is 1. The maximum atomic E-state index is 13.0. The van der Waals surface area contributed by atoms with E-state index in [0.29, 0.717) is 10.9 Å². The van der Waals surface area contributed by atoms with Gasteiger partial charge in [-0.25, -0.2) is 9.97 Å². The third-order valence-electron chi connectivity index (χ3n) is 5.28. The first-order valence-electron chi connectivity index (χ1n) is 7.93. The fraction of sp³-hybridized carbons (Fsp3) is 0.500. The van der Waals surface area contributed by atoms with Gasteiger partial charge >= 0.3 is 0 Å². The van der Waals surface area contributed by atoms with E-state index in [4.69, 9.17) is 23.2 Å². The number of hydrogen-bond acceptors (Lipinski definition) is 5. The molecule has 0 unspecified atom stereocenters. The first kappa shape index (κ1) is 16.2. The lowest BCUT2D eigenvalue weighted by Crippen LogP contribution is -2.57. The van der Waals surface area contributed by atoms with Crippen molar-refractivity contribution in [3.8, 4) is 0 Å². The molecule has 2 aliphatic rings. The molecule has 4 rings (SSSR count). The molecule has 1 aliphatic carbocycles. The molecule has 1 aliphatic heterocycles. The average molecular weight is 383 g/mol. The minimum absolute atomic E-state index is 0.0951. The number of halogens is 2. The van der Waals surface area contributed by atoms with Crippen molar-refractivity contribution in [3.05, 3.63) is 38.8 Å². The van der Waals surface area contributed by atoms with Crippen LogP contribution in [0.25, 0.3) is 0 Å². The largest absolute Gasteiger partial charge is 0.333 e. The Bertz CT molecular complexity index is 811. The van der Waals surface area contributed by atoms with Gasteiger partial charge in [-0.2, -0.15) is 4.37 Å². The molecule has 0 bridgehead atoms. The predicted molar refractivity (Wildman–Crippen MR) is 93.9 cm³/mol. The first-order chi connectivity index (χ1) is 11.5. The summed E-state index contributed by atoms with van der Waals surface area (Å²) in [7, 11) is 0. The smallest absolute Gasteiger partial charge is 0.275 e. The van der Waals surface area contributed by atoms with Gasteiger partial charge in [-0.1, -0.05) is 30.1 Å². The summed E-state index contributed by atoms with van der Waals surface area (Å²) in [5.41, 5.74) is 2.38. The number of amides is 1. The highest BCUT2D eigenvalue weighted by atomic mass is 35.5. The van der Waals surface area contributed by atoms with Crippen molar-refractivity contribution in [2.45, 2.75) is 44.1 Å². The van der Waals surface area contributed by atoms with Gasteiger partial charge in [-0.3, -0.25) is 4.79 Å². The Morgan fingerprint density at radius 1 is 1.46 bits per heavy atom. The highest BCUT2D eigenvalue weighted by Crippen LogP contribution is 2.45. The van der Waals surface area contributed by atoms with Gasteiger partial charge in [0.2, 0.25) is 0 Å². The zero-order valence-electron chi connectivity index (χ0n) is 13.1. The van der Waals surface area contributed by atoms with Gasteiger partial charge in [-0.15, -0.1) is 0 Å². The molecule has 1 amide bonds. The number of likely N-dealkylation sites (tertiary alicyclic amines) is 1. The lowest BCUT2D eigenvalue weighted by molar-refractivity contribution is 0.0375. The Morgan fingerprint density at radius 3 is 3.04 bits per heavy atom. The Balaban J connectivity index is 1.72. The number of aryl methyl sites for hydroxylation is 1. The summed E-state index contributed by atoms with van der Waals surface area (Å²) in [4.78, 5) is 23.7. The van der Waals surface area contributed by atoms with Crippen LogP contribution in [0, 0.1) is 0 Å². The third-order valence-corrected chi connectivity index (χ3v) is 6.89. The second-order valence-electron chi connectivity index (χ2n) is 6.59. The molecule has 5 nitrogen and oxygen atoms in total. The van der Waals surface area contributed by atoms with Crippen molar-refractivity contribution >= 4 is 40.6 Å². The van der Waals surface area contributed by atoms with E-state index in [-0.39, 0.29) is 28.1 Å². The summed E-state index contributed by atoms with van der Waals surface area (Å²) in [5, 5.41) is 0.262. The van der Waals surface area contributed by atoms with Gasteiger partial charge in [0.25, 0.3) is 5.91 Å². The van der Waals surface area contributed by atoms with E-state index in [1.54, 1.807) is 6.33 Å². The van der Waals surface area contributed by atoms with Gasteiger partial charge in [0.1, 0.15) is 15.7 Å². The SMILES string of the molecule is C[C@@]12CCCN(C(=O)c3nsc(Cl)c3Cl)[C@H]1CCc1cncnc12. The maximum absolute atomic E-state index is 13.0. The molecule has 1 saturated heterocycles. The van der Waals surface area contributed by atoms with Crippen molar-refractivity contribution in [1.29, 1.82) is 0 Å². The van der Waals surface area contributed by atoms with Crippen LogP contribution < -0.4 is 0 Å². The van der Waals surface area contributed by atoms with E-state index < -0.39 is 0 Å². The first-order valence-corrected chi connectivity index (χ1v) is 9.46. The Kier molecular flexibility index (Phi) is 4.01. The fourth-order valence-corrected chi connectivity index (χ4v) is 5.14. The van der Waals surface area contributed by atoms with Crippen LogP contribution in [-0.2, 0) is 11.8 Å². The summed E-state index contributed by atoms with van der Waals surface area (Å²) in [6.07, 6.45) is 7.23. The summed E-state index contributed by atoms with van der Waals surface area (Å²) in [6, 6.07) is 0.0951. The monoisotopic (exact) mass is 382 g/mol. The number of fused-ring (bicyclic) bond motifs is 3. The minimum Gasteiger partial charge on any atom is -0.333 e. The average Bonchev–Trinajstić information content (AvgIpc) is 2.92. The highest BCUT2D eigenvalue weighted by Gasteiger charge is 2.48. The van der Waals surface area contributed by atoms with Crippen LogP contribution in [0.5, 0.6) is 0 Å². The summed E-state index contributed by atoms with van der Waals surface area (Å²) in [5.74, 6) is -0.128. The van der Waals surface area contributed by atoms with Crippen molar-refractivity contribution < 1.29 is 4.79 Å². The topological polar surface area (TPSA) is 59.0 Å². The molecular formula is C16H16Cl2N4OS. The van der Waals surface area contributed by atoms with E-state index in [0.717, 1.165) is 42.9 Å². The van der Waals surface area contributed by atoms with E-state index in [1.165, 1.54) is 5.56 Å². The molecule has 1 fully saturated rings. The van der Waals surface area contributed by atoms with Crippen LogP contribution >= 0.6 is 34.7 Å². The molecule has 0 N–H and O–H groups in total. The maximum Gasteiger partial charge on any atom is 0.275 e. The van der Waals surface area contributed by atoms with Crippen molar-refractivity contribution in [3.63, 3.8) is 0 Å². The lowest BCUT2D eigenvalue weighted by atomic mass is 9.65. The number of aromatic nitrogens is 3. The number of rotatable bonds is 1. The zero-order valence-corrected chi connectivity index (χ0v) is 15.5. The Morgan fingerprint density at radius 2 is 2.29 bits per heavy atom. The van der Waals surface area contributed by atoms with E-state index >= 15 is 0 Å². The number of piperidine rings is 1. The Hall–Kier alpha value is -1.24. The van der Waals surface area contributed by atoms with Crippen LogP contribution in [0.4, 0.5) is 0 Å². The zero-order chi connectivity index (χ0) is 16.9. The molecule has 24 heavy (non-hydrogen) atoms. The molecule has 0 radical (unpaired) electrons. The number of carbonyl (C=O) groups is 1. The van der Waals surface area contributed by atoms with Crippen molar-refractivity contribution in [2.75, 3.05) is 6.54 Å². The summed E-state index contributed by atoms with van der Waals surface area (Å²) in [6.45, 7) is 2.92. The molecule has 2 atom stereocenters. The normalized spacial score (nSPS) is 26.0. The van der Waals surface area contributed by atoms with Gasteiger partial charge in [0.05, 0.1) is 5.69 Å². The molecule has 0 saturated carbocycles. The van der Waals surface area contributed by atoms with Crippen LogP contribution in [0.3, 0.4) is 0 Å². The molecule has 2 aromatic heterocycles. The van der Waals surface area contributed by atoms with Gasteiger partial charge in [0.15, 0.2) is 5.69 Å². The van der Waals surface area contributed by atoms with Gasteiger partial charge in [0, 0.05) is 24.2 Å². The summed E-state index contributed by atoms with van der Waals surface area (Å²) >= 11 is 13.2. The molecule has 0 spiro atoms. The lowest BCUT2D eigenvalue weighted by Gasteiger charge is -2.50. The van der Waals surface area contributed by atoms with E-state index in [9.17, 15) is 4.79 Å². The second kappa shape index (κ2) is 5.93. The number of nitrogens with zero attached hydrogens (tertiary/aromatic N) is 4. The minimum atomic E-state index is -0.156. The molecule has 2 aromatic rings. The molecule has 126 valence electrons. The third kappa shape index (κ3) is 2.35. The second-order valence-corrected chi connectivity index (χ2v) is 8.34. The molecule has 0 aromatic carbocycles. The van der Waals surface area contributed by atoms with E-state index in [1.807, 2.05) is 11.1 Å². The predicted octanol–water partition coefficient (Wildman–Crippen LogP) is 3.75. The van der Waals surface area contributed by atoms with E-state index in [2.05, 4.69) is 21.3 Å². The van der Waals surface area contributed by atoms with Crippen LogP contribution in [0.15, 0.2) is 12.5 Å². The highest BCUT2D eigenvalue weighted by molar-refractivity contribution is 7.11. The number of hydrogen-bond donors (Lipinski definition) is 0. The van der Waals surface area contributed by atoms with Gasteiger partial charge < -0.3 is 4.90 Å².